The third-order valence-electron chi connectivity index (χ3n) is 4.96. The summed E-state index contributed by atoms with van der Waals surface area (Å²) >= 11 is 0. The second-order valence-corrected chi connectivity index (χ2v) is 9.58. The van der Waals surface area contributed by atoms with Crippen LogP contribution in [0.3, 0.4) is 0 Å². The molecule has 2 aromatic carbocycles. The standard InChI is InChI=1S/C22H27NO4S/c1-3-13-27-21-10-6-18(7-11-21)15-23(20-12-14-28(25,26)16-20)22(24)19-8-4-17(2)5-9-19/h4-11,20H,3,12-16H2,1-2H3/t20-/m1/s1. The number of nitrogens with zero attached hydrogens (tertiary/aromatic N) is 1. The van der Waals surface area contributed by atoms with Crippen molar-refractivity contribution in [2.45, 2.75) is 39.3 Å². The van der Waals surface area contributed by atoms with Gasteiger partial charge in [-0.05, 0) is 49.6 Å². The van der Waals surface area contributed by atoms with Gasteiger partial charge in [0.2, 0.25) is 0 Å². The lowest BCUT2D eigenvalue weighted by Crippen LogP contribution is -2.40. The first-order chi connectivity index (χ1) is 13.4. The van der Waals surface area contributed by atoms with Gasteiger partial charge < -0.3 is 9.64 Å². The molecule has 1 fully saturated rings. The van der Waals surface area contributed by atoms with E-state index in [-0.39, 0.29) is 23.5 Å². The third kappa shape index (κ3) is 5.13. The smallest absolute Gasteiger partial charge is 0.254 e. The number of carbonyl (C=O) groups excluding carboxylic acids is 1. The molecule has 2 aromatic rings. The number of amides is 1. The summed E-state index contributed by atoms with van der Waals surface area (Å²) < 4.78 is 29.6. The molecule has 0 aromatic heterocycles. The van der Waals surface area contributed by atoms with Crippen LogP contribution in [0.4, 0.5) is 0 Å². The number of hydrogen-bond acceptors (Lipinski definition) is 4. The Morgan fingerprint density at radius 3 is 2.36 bits per heavy atom. The molecule has 1 amide bonds. The van der Waals surface area contributed by atoms with Crippen molar-refractivity contribution in [1.82, 2.24) is 4.90 Å². The molecule has 0 bridgehead atoms. The quantitative estimate of drug-likeness (QED) is 0.711. The van der Waals surface area contributed by atoms with Gasteiger partial charge in [0, 0.05) is 18.2 Å². The van der Waals surface area contributed by atoms with E-state index in [4.69, 9.17) is 4.74 Å². The molecule has 1 saturated heterocycles. The molecule has 1 heterocycles. The maximum atomic E-state index is 13.2. The van der Waals surface area contributed by atoms with E-state index in [9.17, 15) is 13.2 Å². The second kappa shape index (κ2) is 8.78. The molecule has 150 valence electrons. The summed E-state index contributed by atoms with van der Waals surface area (Å²) in [7, 11) is -3.09. The molecule has 1 atom stereocenters. The van der Waals surface area contributed by atoms with Gasteiger partial charge in [0.15, 0.2) is 9.84 Å². The average Bonchev–Trinajstić information content (AvgIpc) is 3.05. The van der Waals surface area contributed by atoms with E-state index < -0.39 is 9.84 Å². The summed E-state index contributed by atoms with van der Waals surface area (Å²) in [5.74, 6) is 0.834. The van der Waals surface area contributed by atoms with Crippen LogP contribution in [0.5, 0.6) is 5.75 Å². The Labute approximate surface area is 167 Å². The molecule has 0 saturated carbocycles. The molecule has 0 spiro atoms. The van der Waals surface area contributed by atoms with Crippen LogP contribution in [-0.2, 0) is 16.4 Å². The van der Waals surface area contributed by atoms with Crippen LogP contribution in [0.25, 0.3) is 0 Å². The highest BCUT2D eigenvalue weighted by molar-refractivity contribution is 7.91. The number of sulfone groups is 1. The van der Waals surface area contributed by atoms with Crippen molar-refractivity contribution in [3.8, 4) is 5.75 Å². The minimum Gasteiger partial charge on any atom is -0.494 e. The molecule has 0 N–H and O–H groups in total. The summed E-state index contributed by atoms with van der Waals surface area (Å²) in [5, 5.41) is 0. The maximum absolute atomic E-state index is 13.2. The molecule has 0 unspecified atom stereocenters. The highest BCUT2D eigenvalue weighted by Gasteiger charge is 2.35. The number of benzene rings is 2. The molecule has 1 aliphatic rings. The van der Waals surface area contributed by atoms with Gasteiger partial charge >= 0.3 is 0 Å². The molecule has 6 heteroatoms. The Morgan fingerprint density at radius 1 is 1.11 bits per heavy atom. The van der Waals surface area contributed by atoms with Crippen LogP contribution in [0.2, 0.25) is 0 Å². The first-order valence-electron chi connectivity index (χ1n) is 9.68. The summed E-state index contributed by atoms with van der Waals surface area (Å²) in [4.78, 5) is 14.9. The van der Waals surface area contributed by atoms with E-state index in [0.29, 0.717) is 25.1 Å². The molecule has 0 aliphatic carbocycles. The predicted molar refractivity (Wildman–Crippen MR) is 110 cm³/mol. The SMILES string of the molecule is CCCOc1ccc(CN(C(=O)c2ccc(C)cc2)[C@@H]2CCS(=O)(=O)C2)cc1. The Bertz CT molecular complexity index is 905. The van der Waals surface area contributed by atoms with Crippen molar-refractivity contribution in [3.63, 3.8) is 0 Å². The van der Waals surface area contributed by atoms with E-state index in [0.717, 1.165) is 23.3 Å². The first kappa shape index (κ1) is 20.4. The number of carbonyl (C=O) groups is 1. The van der Waals surface area contributed by atoms with Gasteiger partial charge in [0.05, 0.1) is 18.1 Å². The van der Waals surface area contributed by atoms with E-state index in [1.54, 1.807) is 17.0 Å². The minimum absolute atomic E-state index is 0.0301. The highest BCUT2D eigenvalue weighted by atomic mass is 32.2. The van der Waals surface area contributed by atoms with Crippen LogP contribution in [0, 0.1) is 6.92 Å². The number of hydrogen-bond donors (Lipinski definition) is 0. The lowest BCUT2D eigenvalue weighted by molar-refractivity contribution is 0.0681. The van der Waals surface area contributed by atoms with Crippen molar-refractivity contribution in [3.05, 3.63) is 65.2 Å². The van der Waals surface area contributed by atoms with Crippen molar-refractivity contribution in [2.75, 3.05) is 18.1 Å². The molecular weight excluding hydrogens is 374 g/mol. The van der Waals surface area contributed by atoms with E-state index in [1.807, 2.05) is 43.3 Å². The summed E-state index contributed by atoms with van der Waals surface area (Å²) in [6.45, 7) is 5.06. The van der Waals surface area contributed by atoms with Gasteiger partial charge in [-0.3, -0.25) is 4.79 Å². The minimum atomic E-state index is -3.09. The van der Waals surface area contributed by atoms with Crippen LogP contribution in [0.1, 0.15) is 41.3 Å². The van der Waals surface area contributed by atoms with Crippen molar-refractivity contribution < 1.29 is 17.9 Å². The largest absolute Gasteiger partial charge is 0.494 e. The average molecular weight is 402 g/mol. The molecule has 0 radical (unpaired) electrons. The number of aryl methyl sites for hydroxylation is 1. The van der Waals surface area contributed by atoms with Crippen molar-refractivity contribution in [2.24, 2.45) is 0 Å². The predicted octanol–water partition coefficient (Wildman–Crippen LogP) is 3.61. The van der Waals surface area contributed by atoms with Gasteiger partial charge in [0.25, 0.3) is 5.91 Å². The molecule has 1 aliphatic heterocycles. The van der Waals surface area contributed by atoms with E-state index in [1.165, 1.54) is 0 Å². The number of rotatable bonds is 7. The zero-order chi connectivity index (χ0) is 20.1. The van der Waals surface area contributed by atoms with Crippen LogP contribution < -0.4 is 4.74 Å². The zero-order valence-electron chi connectivity index (χ0n) is 16.4. The van der Waals surface area contributed by atoms with Gasteiger partial charge in [0.1, 0.15) is 5.75 Å². The summed E-state index contributed by atoms with van der Waals surface area (Å²) in [6, 6.07) is 14.8. The summed E-state index contributed by atoms with van der Waals surface area (Å²) in [5.41, 5.74) is 2.61. The second-order valence-electron chi connectivity index (χ2n) is 7.35. The third-order valence-corrected chi connectivity index (χ3v) is 6.71. The van der Waals surface area contributed by atoms with Crippen LogP contribution >= 0.6 is 0 Å². The van der Waals surface area contributed by atoms with Gasteiger partial charge in [-0.2, -0.15) is 0 Å². The van der Waals surface area contributed by atoms with Gasteiger partial charge in [-0.15, -0.1) is 0 Å². The Kier molecular flexibility index (Phi) is 6.39. The van der Waals surface area contributed by atoms with E-state index in [2.05, 4.69) is 6.92 Å². The van der Waals surface area contributed by atoms with Crippen LogP contribution in [0.15, 0.2) is 48.5 Å². The summed E-state index contributed by atoms with van der Waals surface area (Å²) in [6.07, 6.45) is 1.42. The Balaban J connectivity index is 1.82. The van der Waals surface area contributed by atoms with Gasteiger partial charge in [-0.25, -0.2) is 8.42 Å². The fourth-order valence-corrected chi connectivity index (χ4v) is 5.09. The zero-order valence-corrected chi connectivity index (χ0v) is 17.2. The molecule has 5 nitrogen and oxygen atoms in total. The Morgan fingerprint density at radius 2 is 1.79 bits per heavy atom. The monoisotopic (exact) mass is 401 g/mol. The topological polar surface area (TPSA) is 63.7 Å². The van der Waals surface area contributed by atoms with Crippen molar-refractivity contribution in [1.29, 1.82) is 0 Å². The lowest BCUT2D eigenvalue weighted by atomic mass is 10.1. The highest BCUT2D eigenvalue weighted by Crippen LogP contribution is 2.23. The molecule has 28 heavy (non-hydrogen) atoms. The van der Waals surface area contributed by atoms with E-state index >= 15 is 0 Å². The molecule has 3 rings (SSSR count). The van der Waals surface area contributed by atoms with Crippen LogP contribution in [-0.4, -0.2) is 43.4 Å². The normalized spacial score (nSPS) is 18.0. The fraction of sp³-hybridized carbons (Fsp3) is 0.409. The fourth-order valence-electron chi connectivity index (χ4n) is 3.36. The van der Waals surface area contributed by atoms with Gasteiger partial charge in [-0.1, -0.05) is 36.8 Å². The number of ether oxygens (including phenoxy) is 1. The Hall–Kier alpha value is -2.34. The molecular formula is C22H27NO4S. The lowest BCUT2D eigenvalue weighted by Gasteiger charge is -2.28. The van der Waals surface area contributed by atoms with Crippen molar-refractivity contribution >= 4 is 15.7 Å². The first-order valence-corrected chi connectivity index (χ1v) is 11.5. The maximum Gasteiger partial charge on any atom is 0.254 e.